The van der Waals surface area contributed by atoms with Crippen LogP contribution in [-0.4, -0.2) is 58.6 Å². The van der Waals surface area contributed by atoms with Gasteiger partial charge in [-0.3, -0.25) is 0 Å². The molecule has 4 rings (SSSR count). The summed E-state index contributed by atoms with van der Waals surface area (Å²) < 4.78 is 72.3. The topological polar surface area (TPSA) is 81.5 Å². The summed E-state index contributed by atoms with van der Waals surface area (Å²) in [6, 6.07) is 4.33. The van der Waals surface area contributed by atoms with Crippen LogP contribution in [0, 0.1) is 0 Å². The molecule has 0 unspecified atom stereocenters. The molecule has 0 spiro atoms. The van der Waals surface area contributed by atoms with Crippen LogP contribution in [0.4, 0.5) is 32.2 Å². The zero-order chi connectivity index (χ0) is 24.6. The molecule has 0 radical (unpaired) electrons. The number of halogens is 7. The summed E-state index contributed by atoms with van der Waals surface area (Å²) >= 11 is 5.28. The van der Waals surface area contributed by atoms with Crippen molar-refractivity contribution in [3.05, 3.63) is 52.9 Å². The Morgan fingerprint density at radius 3 is 1.82 bits per heavy atom. The third-order valence-corrected chi connectivity index (χ3v) is 4.88. The standard InChI is InChI=1S/C10H11F3N2O.C6H3ClF3N.C4H9NO/c11-10(12,13)7-1-2-9(14-5-7)15-4-3-8(16)6-15;7-5-2-1-4(3-11-5)6(8,9)10;6-4-1-2-5-3-4/h1-2,5,8,16H,3-4,6H2;1-3H;4-6H,1-3H2/t8-;;4-/m1.1/s1. The summed E-state index contributed by atoms with van der Waals surface area (Å²) in [7, 11) is 0. The van der Waals surface area contributed by atoms with Crippen molar-refractivity contribution >= 4 is 17.4 Å². The second-order valence-electron chi connectivity index (χ2n) is 7.31. The molecule has 2 saturated heterocycles. The maximum Gasteiger partial charge on any atom is 0.417 e. The summed E-state index contributed by atoms with van der Waals surface area (Å²) in [5.41, 5.74) is -1.54. The minimum absolute atomic E-state index is 0.0537. The van der Waals surface area contributed by atoms with Crippen LogP contribution in [0.2, 0.25) is 5.15 Å². The first-order chi connectivity index (χ1) is 15.4. The molecule has 184 valence electrons. The highest BCUT2D eigenvalue weighted by molar-refractivity contribution is 6.29. The van der Waals surface area contributed by atoms with E-state index in [1.807, 2.05) is 0 Å². The normalized spacial score (nSPS) is 20.6. The van der Waals surface area contributed by atoms with Crippen LogP contribution in [0.15, 0.2) is 36.7 Å². The molecule has 0 aliphatic carbocycles. The van der Waals surface area contributed by atoms with Gasteiger partial charge in [-0.2, -0.15) is 26.3 Å². The molecule has 2 fully saturated rings. The van der Waals surface area contributed by atoms with Gasteiger partial charge in [-0.1, -0.05) is 11.6 Å². The molecule has 0 aromatic carbocycles. The summed E-state index contributed by atoms with van der Waals surface area (Å²) in [6.45, 7) is 2.83. The first-order valence-electron chi connectivity index (χ1n) is 9.90. The SMILES string of the molecule is FC(F)(F)c1ccc(Cl)nc1.O[C@@H]1CCN(c2ccc(C(F)(F)F)cn2)C1.O[C@@H]1CCNC1. The lowest BCUT2D eigenvalue weighted by Gasteiger charge is -2.16. The maximum absolute atomic E-state index is 12.3. The number of rotatable bonds is 1. The van der Waals surface area contributed by atoms with E-state index in [0.717, 1.165) is 43.9 Å². The van der Waals surface area contributed by atoms with Crippen molar-refractivity contribution in [1.82, 2.24) is 15.3 Å². The average Bonchev–Trinajstić information content (AvgIpc) is 3.39. The number of nitrogens with one attached hydrogen (secondary N) is 1. The fraction of sp³-hybridized carbons (Fsp3) is 0.500. The van der Waals surface area contributed by atoms with Crippen LogP contribution >= 0.6 is 11.6 Å². The van der Waals surface area contributed by atoms with Crippen molar-refractivity contribution in [2.24, 2.45) is 0 Å². The molecule has 0 bridgehead atoms. The highest BCUT2D eigenvalue weighted by Crippen LogP contribution is 2.30. The van der Waals surface area contributed by atoms with E-state index >= 15 is 0 Å². The Hall–Kier alpha value is -2.15. The van der Waals surface area contributed by atoms with E-state index < -0.39 is 29.6 Å². The van der Waals surface area contributed by atoms with Gasteiger partial charge in [0.05, 0.1) is 23.3 Å². The first kappa shape index (κ1) is 27.1. The summed E-state index contributed by atoms with van der Waals surface area (Å²) in [6.07, 6.45) is -6.09. The lowest BCUT2D eigenvalue weighted by molar-refractivity contribution is -0.138. The molecule has 4 heterocycles. The van der Waals surface area contributed by atoms with E-state index in [1.54, 1.807) is 4.90 Å². The number of pyridine rings is 2. The molecular weight excluding hydrogens is 478 g/mol. The Morgan fingerprint density at radius 1 is 0.879 bits per heavy atom. The fourth-order valence-electron chi connectivity index (χ4n) is 2.87. The third kappa shape index (κ3) is 9.32. The number of nitrogens with zero attached hydrogens (tertiary/aromatic N) is 3. The van der Waals surface area contributed by atoms with Crippen LogP contribution in [-0.2, 0) is 12.4 Å². The van der Waals surface area contributed by atoms with Crippen molar-refractivity contribution in [3.8, 4) is 0 Å². The van der Waals surface area contributed by atoms with Crippen molar-refractivity contribution in [2.75, 3.05) is 31.1 Å². The minimum atomic E-state index is -4.35. The number of hydrogen-bond acceptors (Lipinski definition) is 6. The van der Waals surface area contributed by atoms with E-state index in [4.69, 9.17) is 16.7 Å². The second-order valence-corrected chi connectivity index (χ2v) is 7.69. The summed E-state index contributed by atoms with van der Waals surface area (Å²) in [5, 5.41) is 21.0. The first-order valence-corrected chi connectivity index (χ1v) is 10.3. The number of aliphatic hydroxyl groups is 2. The Bertz CT molecular complexity index is 844. The molecule has 13 heteroatoms. The Labute approximate surface area is 191 Å². The Kier molecular flexibility index (Phi) is 9.70. The fourth-order valence-corrected chi connectivity index (χ4v) is 2.99. The van der Waals surface area contributed by atoms with Crippen molar-refractivity contribution in [1.29, 1.82) is 0 Å². The van der Waals surface area contributed by atoms with Crippen LogP contribution < -0.4 is 10.2 Å². The summed E-state index contributed by atoms with van der Waals surface area (Å²) in [5.74, 6) is 0.476. The molecule has 2 aliphatic rings. The molecule has 0 saturated carbocycles. The molecule has 2 aromatic heterocycles. The largest absolute Gasteiger partial charge is 0.417 e. The number of alkyl halides is 6. The lowest BCUT2D eigenvalue weighted by Crippen LogP contribution is -2.22. The van der Waals surface area contributed by atoms with Crippen LogP contribution in [0.25, 0.3) is 0 Å². The number of aromatic nitrogens is 2. The van der Waals surface area contributed by atoms with Gasteiger partial charge in [-0.25, -0.2) is 9.97 Å². The highest BCUT2D eigenvalue weighted by atomic mass is 35.5. The number of β-amino-alcohol motifs (C(OH)–C–C–N with tert-alkyl or cyclic N) is 2. The van der Waals surface area contributed by atoms with Gasteiger partial charge < -0.3 is 20.4 Å². The number of anilines is 1. The van der Waals surface area contributed by atoms with Gasteiger partial charge >= 0.3 is 12.4 Å². The van der Waals surface area contributed by atoms with E-state index in [0.29, 0.717) is 31.5 Å². The van der Waals surface area contributed by atoms with Gasteiger partial charge in [0.15, 0.2) is 0 Å². The van der Waals surface area contributed by atoms with Gasteiger partial charge in [-0.15, -0.1) is 0 Å². The zero-order valence-corrected chi connectivity index (χ0v) is 18.0. The third-order valence-electron chi connectivity index (χ3n) is 4.65. The number of hydrogen-bond donors (Lipinski definition) is 3. The molecule has 0 amide bonds. The molecule has 6 nitrogen and oxygen atoms in total. The molecular formula is C20H23ClF6N4O2. The van der Waals surface area contributed by atoms with Gasteiger partial charge in [-0.05, 0) is 43.7 Å². The van der Waals surface area contributed by atoms with Gasteiger partial charge in [0.25, 0.3) is 0 Å². The van der Waals surface area contributed by atoms with Crippen molar-refractivity contribution < 1.29 is 36.6 Å². The second kappa shape index (κ2) is 11.8. The summed E-state index contributed by atoms with van der Waals surface area (Å²) in [4.78, 5) is 8.82. The van der Waals surface area contributed by atoms with Crippen LogP contribution in [0.1, 0.15) is 24.0 Å². The maximum atomic E-state index is 12.3. The minimum Gasteiger partial charge on any atom is -0.392 e. The highest BCUT2D eigenvalue weighted by Gasteiger charge is 2.31. The van der Waals surface area contributed by atoms with Crippen LogP contribution in [0.3, 0.4) is 0 Å². The van der Waals surface area contributed by atoms with Gasteiger partial charge in [0, 0.05) is 32.0 Å². The molecule has 3 N–H and O–H groups in total. The average molecular weight is 501 g/mol. The Morgan fingerprint density at radius 2 is 1.48 bits per heavy atom. The molecule has 2 aromatic rings. The van der Waals surface area contributed by atoms with E-state index in [1.165, 1.54) is 6.07 Å². The van der Waals surface area contributed by atoms with E-state index in [9.17, 15) is 31.4 Å². The predicted octanol–water partition coefficient (Wildman–Crippen LogP) is 3.77. The van der Waals surface area contributed by atoms with Crippen LogP contribution in [0.5, 0.6) is 0 Å². The van der Waals surface area contributed by atoms with Crippen molar-refractivity contribution in [2.45, 2.75) is 37.4 Å². The quantitative estimate of drug-likeness (QED) is 0.409. The predicted molar refractivity (Wildman–Crippen MR) is 110 cm³/mol. The monoisotopic (exact) mass is 500 g/mol. The molecule has 2 aliphatic heterocycles. The molecule has 33 heavy (non-hydrogen) atoms. The molecule has 2 atom stereocenters. The number of aliphatic hydroxyl groups excluding tert-OH is 2. The van der Waals surface area contributed by atoms with Crippen molar-refractivity contribution in [3.63, 3.8) is 0 Å². The lowest BCUT2D eigenvalue weighted by atomic mass is 10.3. The smallest absolute Gasteiger partial charge is 0.392 e. The van der Waals surface area contributed by atoms with E-state index in [2.05, 4.69) is 15.3 Å². The van der Waals surface area contributed by atoms with Gasteiger partial charge in [0.2, 0.25) is 0 Å². The zero-order valence-electron chi connectivity index (χ0n) is 17.2. The van der Waals surface area contributed by atoms with Gasteiger partial charge in [0.1, 0.15) is 11.0 Å². The van der Waals surface area contributed by atoms with E-state index in [-0.39, 0.29) is 11.3 Å². The Balaban J connectivity index is 0.000000195.